The molecule has 3 atom stereocenters. The number of hydrogen-bond acceptors (Lipinski definition) is 11. The van der Waals surface area contributed by atoms with E-state index < -0.39 is 85.5 Å². The minimum Gasteiger partial charge on any atom is -0.390 e. The Hall–Kier alpha value is -4.60. The van der Waals surface area contributed by atoms with Gasteiger partial charge in [-0.3, -0.25) is 14.9 Å². The van der Waals surface area contributed by atoms with Crippen LogP contribution in [-0.4, -0.2) is 104 Å². The van der Waals surface area contributed by atoms with E-state index in [1.807, 2.05) is 9.80 Å². The predicted octanol–water partition coefficient (Wildman–Crippen LogP) is 5.14. The first-order chi connectivity index (χ1) is 28.3. The van der Waals surface area contributed by atoms with Gasteiger partial charge in [0.15, 0.2) is 0 Å². The number of anilines is 4. The first kappa shape index (κ1) is 43.5. The molecule has 326 valence electrons. The highest BCUT2D eigenvalue weighted by atomic mass is 32.2. The number of amides is 2. The van der Waals surface area contributed by atoms with E-state index in [2.05, 4.69) is 25.3 Å². The number of likely N-dealkylation sites (tertiary alicyclic amines) is 1. The van der Waals surface area contributed by atoms with Gasteiger partial charge in [0, 0.05) is 63.1 Å². The second-order valence-electron chi connectivity index (χ2n) is 16.2. The number of carbonyl (C=O) groups excluding carboxylic acids is 2. The number of alkyl halides is 4. The number of piperidine rings is 4. The Morgan fingerprint density at radius 1 is 0.933 bits per heavy atom. The average molecular weight is 871 g/mol. The molecule has 21 heteroatoms. The third kappa shape index (κ3) is 9.79. The van der Waals surface area contributed by atoms with Crippen LogP contribution in [0.3, 0.4) is 0 Å². The number of aliphatic hydroxyl groups is 1. The smallest absolute Gasteiger partial charge is 0.390 e. The molecule has 4 aliphatic heterocycles. The molecule has 4 N–H and O–H groups in total. The van der Waals surface area contributed by atoms with Crippen molar-refractivity contribution in [1.29, 1.82) is 0 Å². The number of aromatic nitrogens is 2. The van der Waals surface area contributed by atoms with Gasteiger partial charge in [-0.1, -0.05) is 0 Å². The highest BCUT2D eigenvalue weighted by Gasteiger charge is 2.40. The molecule has 0 bridgehead atoms. The molecule has 0 aliphatic carbocycles. The molecular formula is C39H45F7N8O5S. The van der Waals surface area contributed by atoms with Crippen molar-refractivity contribution in [2.24, 2.45) is 5.92 Å². The molecule has 0 spiro atoms. The van der Waals surface area contributed by atoms with Crippen LogP contribution in [-0.2, 0) is 25.8 Å². The molecule has 7 rings (SSSR count). The van der Waals surface area contributed by atoms with Gasteiger partial charge in [0.2, 0.25) is 27.8 Å². The molecule has 1 unspecified atom stereocenters. The number of imide groups is 1. The van der Waals surface area contributed by atoms with E-state index in [-0.39, 0.29) is 74.9 Å². The fraction of sp³-hybridized carbons (Fsp3) is 0.538. The fourth-order valence-electron chi connectivity index (χ4n) is 8.29. The summed E-state index contributed by atoms with van der Waals surface area (Å²) in [6.45, 7) is 3.54. The van der Waals surface area contributed by atoms with Crippen LogP contribution in [0.25, 0.3) is 0 Å². The molecule has 60 heavy (non-hydrogen) atoms. The van der Waals surface area contributed by atoms with E-state index in [0.29, 0.717) is 57.0 Å². The zero-order valence-electron chi connectivity index (χ0n) is 32.5. The van der Waals surface area contributed by atoms with E-state index in [9.17, 15) is 36.3 Å². The summed E-state index contributed by atoms with van der Waals surface area (Å²) in [5.74, 6) is -5.79. The number of nitrogens with zero attached hydrogens (tertiary/aromatic N) is 5. The molecular weight excluding hydrogens is 826 g/mol. The second kappa shape index (κ2) is 17.0. The van der Waals surface area contributed by atoms with Crippen molar-refractivity contribution in [3.05, 3.63) is 65.1 Å². The number of hydrogen-bond donors (Lipinski definition) is 4. The summed E-state index contributed by atoms with van der Waals surface area (Å²) >= 11 is 0. The number of nitrogens with one attached hydrogen (secondary N) is 3. The summed E-state index contributed by atoms with van der Waals surface area (Å²) in [4.78, 5) is 36.0. The molecule has 0 saturated carbocycles. The minimum absolute atomic E-state index is 0.0123. The lowest BCUT2D eigenvalue weighted by atomic mass is 9.89. The van der Waals surface area contributed by atoms with Crippen LogP contribution in [0.5, 0.6) is 0 Å². The third-order valence-electron chi connectivity index (χ3n) is 11.8. The summed E-state index contributed by atoms with van der Waals surface area (Å²) in [6.07, 6.45) is -3.99. The lowest BCUT2D eigenvalue weighted by molar-refractivity contribution is -0.138. The number of benzene rings is 2. The van der Waals surface area contributed by atoms with E-state index in [1.165, 1.54) is 17.0 Å². The maximum Gasteiger partial charge on any atom is 0.421 e. The second-order valence-corrected chi connectivity index (χ2v) is 17.9. The predicted molar refractivity (Wildman–Crippen MR) is 205 cm³/mol. The summed E-state index contributed by atoms with van der Waals surface area (Å²) in [6, 6.07) is 4.12. The molecule has 2 amide bonds. The van der Waals surface area contributed by atoms with Gasteiger partial charge in [0.25, 0.3) is 0 Å². The van der Waals surface area contributed by atoms with Crippen molar-refractivity contribution in [1.82, 2.24) is 24.9 Å². The Labute approximate surface area is 341 Å². The molecule has 5 heterocycles. The normalized spacial score (nSPS) is 23.4. The molecule has 1 aromatic heterocycles. The van der Waals surface area contributed by atoms with Crippen molar-refractivity contribution in [2.45, 2.75) is 86.7 Å². The van der Waals surface area contributed by atoms with Crippen molar-refractivity contribution < 1.29 is 53.8 Å². The van der Waals surface area contributed by atoms with Gasteiger partial charge >= 0.3 is 6.18 Å². The lowest BCUT2D eigenvalue weighted by Crippen LogP contribution is -2.53. The first-order valence-corrected chi connectivity index (χ1v) is 21.2. The van der Waals surface area contributed by atoms with Crippen molar-refractivity contribution >= 4 is 45.0 Å². The van der Waals surface area contributed by atoms with Crippen LogP contribution in [0.15, 0.2) is 41.4 Å². The van der Waals surface area contributed by atoms with E-state index in [1.54, 1.807) is 6.92 Å². The summed E-state index contributed by atoms with van der Waals surface area (Å²) in [5.41, 5.74) is -2.49. The van der Waals surface area contributed by atoms with Crippen LogP contribution >= 0.6 is 0 Å². The highest BCUT2D eigenvalue weighted by molar-refractivity contribution is 7.89. The zero-order valence-corrected chi connectivity index (χ0v) is 33.4. The van der Waals surface area contributed by atoms with Crippen LogP contribution in [0.1, 0.15) is 68.9 Å². The number of sulfonamides is 1. The van der Waals surface area contributed by atoms with Crippen LogP contribution < -0.4 is 25.2 Å². The molecule has 4 aliphatic rings. The van der Waals surface area contributed by atoms with Crippen LogP contribution in [0, 0.1) is 23.4 Å². The Balaban J connectivity index is 0.911. The maximum absolute atomic E-state index is 15.5. The molecule has 3 aromatic rings. The monoisotopic (exact) mass is 870 g/mol. The van der Waals surface area contributed by atoms with Gasteiger partial charge < -0.3 is 25.1 Å². The Morgan fingerprint density at radius 2 is 1.62 bits per heavy atom. The Kier molecular flexibility index (Phi) is 12.4. The van der Waals surface area contributed by atoms with Gasteiger partial charge in [0.1, 0.15) is 35.0 Å². The first-order valence-electron chi connectivity index (χ1n) is 19.7. The topological polar surface area (TPSA) is 160 Å². The standard InChI is InChI=1S/C39H45F7N8O5S/c1-38(57)9-14-54(15-10-38)35-26(39(44,45)46)19-47-37(50-35)48-31-4-2-24(18-27(31)40)60(58,59)51-32-8-11-52(21-30(32)43)20-22-6-12-53(13-7-22)23-16-28(41)34(29(42)17-23)25-3-5-33(55)49-36(25)56/h2,4,16-19,22,25,30,32,51,57H,3,5-15,20-21H2,1H3,(H,47,48,50)(H,49,55,56)/t25?,30-,32+/m0/s1. The Morgan fingerprint density at radius 3 is 2.23 bits per heavy atom. The average Bonchev–Trinajstić information content (AvgIpc) is 3.17. The van der Waals surface area contributed by atoms with Crippen molar-refractivity contribution in [2.75, 3.05) is 60.9 Å². The summed E-state index contributed by atoms with van der Waals surface area (Å²) in [5, 5.41) is 14.9. The van der Waals surface area contributed by atoms with E-state index in [4.69, 9.17) is 0 Å². The maximum atomic E-state index is 15.5. The molecule has 4 saturated heterocycles. The van der Waals surface area contributed by atoms with Crippen LogP contribution in [0.2, 0.25) is 0 Å². The lowest BCUT2D eigenvalue weighted by Gasteiger charge is -2.39. The minimum atomic E-state index is -4.79. The summed E-state index contributed by atoms with van der Waals surface area (Å²) in [7, 11) is -4.41. The van der Waals surface area contributed by atoms with Crippen LogP contribution in [0.4, 0.5) is 53.9 Å². The third-order valence-corrected chi connectivity index (χ3v) is 13.3. The van der Waals surface area contributed by atoms with E-state index >= 15 is 17.6 Å². The highest BCUT2D eigenvalue weighted by Crippen LogP contribution is 2.38. The summed E-state index contributed by atoms with van der Waals surface area (Å²) < 4.78 is 131. The molecule has 2 aromatic carbocycles. The van der Waals surface area contributed by atoms with Gasteiger partial charge in [0.05, 0.1) is 28.1 Å². The number of halogens is 7. The molecule has 13 nitrogen and oxygen atoms in total. The van der Waals surface area contributed by atoms with Gasteiger partial charge in [-0.15, -0.1) is 0 Å². The van der Waals surface area contributed by atoms with Gasteiger partial charge in [-0.25, -0.2) is 35.7 Å². The zero-order chi connectivity index (χ0) is 43.1. The largest absolute Gasteiger partial charge is 0.421 e. The number of carbonyl (C=O) groups is 2. The molecule has 4 fully saturated rings. The fourth-order valence-corrected chi connectivity index (χ4v) is 9.59. The van der Waals surface area contributed by atoms with Gasteiger partial charge in [-0.05, 0) is 88.2 Å². The Bertz CT molecular complexity index is 2190. The quantitative estimate of drug-likeness (QED) is 0.158. The van der Waals surface area contributed by atoms with Gasteiger partial charge in [-0.2, -0.15) is 18.2 Å². The van der Waals surface area contributed by atoms with Crippen molar-refractivity contribution in [3.63, 3.8) is 0 Å². The molecule has 0 radical (unpaired) electrons. The van der Waals surface area contributed by atoms with Crippen molar-refractivity contribution in [3.8, 4) is 0 Å². The SMILES string of the molecule is CC1(O)CCN(c2nc(Nc3ccc(S(=O)(=O)N[C@@H]4CCN(CC5CCN(c6cc(F)c(C7CCC(=O)NC7=O)c(F)c6)CC5)C[C@@H]4F)cc3F)ncc2C(F)(F)F)CC1. The number of rotatable bonds is 10. The van der Waals surface area contributed by atoms with E-state index in [0.717, 1.165) is 12.1 Å².